The molecule has 100 valence electrons. The average molecular weight is 242 g/mol. The molecule has 17 heavy (non-hydrogen) atoms. The maximum absolute atomic E-state index is 11.8. The second-order valence-corrected chi connectivity index (χ2v) is 4.88. The lowest BCUT2D eigenvalue weighted by Crippen LogP contribution is -2.48. The molecule has 4 nitrogen and oxygen atoms in total. The molecular formula is C13H26N2O2. The van der Waals surface area contributed by atoms with E-state index in [0.29, 0.717) is 12.6 Å². The molecule has 1 aliphatic carbocycles. The predicted octanol–water partition coefficient (Wildman–Crippen LogP) is 1.26. The van der Waals surface area contributed by atoms with Gasteiger partial charge in [-0.2, -0.15) is 0 Å². The normalized spacial score (nSPS) is 19.1. The maximum atomic E-state index is 11.8. The molecule has 1 N–H and O–H groups in total. The van der Waals surface area contributed by atoms with Crippen LogP contribution >= 0.6 is 0 Å². The largest absolute Gasteiger partial charge is 0.465 e. The van der Waals surface area contributed by atoms with E-state index in [9.17, 15) is 4.79 Å². The van der Waals surface area contributed by atoms with E-state index in [1.54, 1.807) is 0 Å². The van der Waals surface area contributed by atoms with E-state index in [0.717, 1.165) is 19.0 Å². The minimum absolute atomic E-state index is 0.135. The SMILES string of the molecule is CCNC(CN(C)C(C)C1CC1)C(=O)OCC. The zero-order chi connectivity index (χ0) is 12.8. The van der Waals surface area contributed by atoms with Crippen LogP contribution in [0.25, 0.3) is 0 Å². The van der Waals surface area contributed by atoms with Crippen LogP contribution in [-0.2, 0) is 9.53 Å². The van der Waals surface area contributed by atoms with Crippen molar-refractivity contribution in [1.82, 2.24) is 10.2 Å². The number of nitrogens with zero attached hydrogens (tertiary/aromatic N) is 1. The first-order valence-corrected chi connectivity index (χ1v) is 6.70. The first-order chi connectivity index (χ1) is 8.10. The summed E-state index contributed by atoms with van der Waals surface area (Å²) in [5, 5.41) is 3.20. The Hall–Kier alpha value is -0.610. The zero-order valence-electron chi connectivity index (χ0n) is 11.5. The van der Waals surface area contributed by atoms with Crippen molar-refractivity contribution in [1.29, 1.82) is 0 Å². The molecule has 2 unspecified atom stereocenters. The summed E-state index contributed by atoms with van der Waals surface area (Å²) in [5.41, 5.74) is 0. The lowest BCUT2D eigenvalue weighted by atomic mass is 10.1. The van der Waals surface area contributed by atoms with Crippen LogP contribution in [0.4, 0.5) is 0 Å². The summed E-state index contributed by atoms with van der Waals surface area (Å²) < 4.78 is 5.09. The Morgan fingerprint density at radius 3 is 2.59 bits per heavy atom. The molecule has 4 heteroatoms. The van der Waals surface area contributed by atoms with E-state index >= 15 is 0 Å². The Kier molecular flexibility index (Phi) is 5.92. The van der Waals surface area contributed by atoms with E-state index in [1.807, 2.05) is 13.8 Å². The van der Waals surface area contributed by atoms with Crippen LogP contribution < -0.4 is 5.32 Å². The number of esters is 1. The van der Waals surface area contributed by atoms with Crippen molar-refractivity contribution in [3.63, 3.8) is 0 Å². The Morgan fingerprint density at radius 2 is 2.12 bits per heavy atom. The van der Waals surface area contributed by atoms with E-state index in [4.69, 9.17) is 4.74 Å². The molecule has 0 saturated heterocycles. The summed E-state index contributed by atoms with van der Waals surface area (Å²) >= 11 is 0. The fourth-order valence-electron chi connectivity index (χ4n) is 2.10. The minimum atomic E-state index is -0.203. The van der Waals surface area contributed by atoms with E-state index < -0.39 is 0 Å². The fourth-order valence-corrected chi connectivity index (χ4v) is 2.10. The van der Waals surface area contributed by atoms with Crippen molar-refractivity contribution in [2.75, 3.05) is 26.7 Å². The van der Waals surface area contributed by atoms with Gasteiger partial charge in [0.05, 0.1) is 6.61 Å². The number of likely N-dealkylation sites (N-methyl/N-ethyl adjacent to an activating group) is 2. The van der Waals surface area contributed by atoms with Gasteiger partial charge in [-0.05, 0) is 46.2 Å². The highest BCUT2D eigenvalue weighted by molar-refractivity contribution is 5.76. The summed E-state index contributed by atoms with van der Waals surface area (Å²) in [5.74, 6) is 0.689. The van der Waals surface area contributed by atoms with Gasteiger partial charge in [-0.1, -0.05) is 6.92 Å². The molecule has 0 radical (unpaired) electrons. The van der Waals surface area contributed by atoms with Crippen molar-refractivity contribution < 1.29 is 9.53 Å². The molecule has 0 aromatic carbocycles. The van der Waals surface area contributed by atoms with Gasteiger partial charge < -0.3 is 15.0 Å². The van der Waals surface area contributed by atoms with Crippen molar-refractivity contribution in [3.8, 4) is 0 Å². The fraction of sp³-hybridized carbons (Fsp3) is 0.923. The third kappa shape index (κ3) is 4.64. The first kappa shape index (κ1) is 14.5. The van der Waals surface area contributed by atoms with Gasteiger partial charge in [-0.25, -0.2) is 0 Å². The third-order valence-electron chi connectivity index (χ3n) is 3.49. The minimum Gasteiger partial charge on any atom is -0.465 e. The van der Waals surface area contributed by atoms with Crippen molar-refractivity contribution in [3.05, 3.63) is 0 Å². The molecule has 0 aliphatic heterocycles. The number of ether oxygens (including phenoxy) is 1. The van der Waals surface area contributed by atoms with Gasteiger partial charge in [-0.3, -0.25) is 4.79 Å². The molecule has 1 fully saturated rings. The molecule has 2 atom stereocenters. The maximum Gasteiger partial charge on any atom is 0.324 e. The van der Waals surface area contributed by atoms with Crippen LogP contribution in [-0.4, -0.2) is 49.7 Å². The van der Waals surface area contributed by atoms with Crippen LogP contribution in [0.5, 0.6) is 0 Å². The molecule has 1 aliphatic rings. The molecule has 1 saturated carbocycles. The van der Waals surface area contributed by atoms with Gasteiger partial charge >= 0.3 is 5.97 Å². The van der Waals surface area contributed by atoms with Crippen LogP contribution in [0.1, 0.15) is 33.6 Å². The zero-order valence-corrected chi connectivity index (χ0v) is 11.5. The lowest BCUT2D eigenvalue weighted by molar-refractivity contribution is -0.146. The molecule has 0 heterocycles. The highest BCUT2D eigenvalue weighted by Crippen LogP contribution is 2.34. The summed E-state index contributed by atoms with van der Waals surface area (Å²) in [6.45, 7) is 8.06. The monoisotopic (exact) mass is 242 g/mol. The summed E-state index contributed by atoms with van der Waals surface area (Å²) in [4.78, 5) is 14.0. The quantitative estimate of drug-likeness (QED) is 0.651. The average Bonchev–Trinajstić information content (AvgIpc) is 3.11. The van der Waals surface area contributed by atoms with Gasteiger partial charge in [-0.15, -0.1) is 0 Å². The Balaban J connectivity index is 2.43. The van der Waals surface area contributed by atoms with Gasteiger partial charge in [0.25, 0.3) is 0 Å². The molecule has 0 spiro atoms. The standard InChI is InChI=1S/C13H26N2O2/c1-5-14-12(13(16)17-6-2)9-15(4)10(3)11-7-8-11/h10-12,14H,5-9H2,1-4H3. The number of hydrogen-bond donors (Lipinski definition) is 1. The molecule has 0 aromatic heterocycles. The number of nitrogens with one attached hydrogen (secondary N) is 1. The van der Waals surface area contributed by atoms with Crippen molar-refractivity contribution >= 4 is 5.97 Å². The van der Waals surface area contributed by atoms with Gasteiger partial charge in [0, 0.05) is 12.6 Å². The Morgan fingerprint density at radius 1 is 1.47 bits per heavy atom. The van der Waals surface area contributed by atoms with Crippen LogP contribution in [0.15, 0.2) is 0 Å². The number of rotatable bonds is 8. The molecule has 1 rings (SSSR count). The molecule has 0 aromatic rings. The van der Waals surface area contributed by atoms with Gasteiger partial charge in [0.1, 0.15) is 6.04 Å². The molecule has 0 amide bonds. The van der Waals surface area contributed by atoms with Crippen molar-refractivity contribution in [2.24, 2.45) is 5.92 Å². The summed E-state index contributed by atoms with van der Waals surface area (Å²) in [7, 11) is 2.09. The second-order valence-electron chi connectivity index (χ2n) is 4.88. The Bertz CT molecular complexity index is 242. The number of carbonyl (C=O) groups is 1. The highest BCUT2D eigenvalue weighted by Gasteiger charge is 2.32. The van der Waals surface area contributed by atoms with Gasteiger partial charge in [0.2, 0.25) is 0 Å². The number of carbonyl (C=O) groups excluding carboxylic acids is 1. The Labute approximate surface area is 105 Å². The van der Waals surface area contributed by atoms with Crippen LogP contribution in [0.3, 0.4) is 0 Å². The van der Waals surface area contributed by atoms with Crippen LogP contribution in [0.2, 0.25) is 0 Å². The molecular weight excluding hydrogens is 216 g/mol. The summed E-state index contributed by atoms with van der Waals surface area (Å²) in [6, 6.07) is 0.358. The van der Waals surface area contributed by atoms with Gasteiger partial charge in [0.15, 0.2) is 0 Å². The lowest BCUT2D eigenvalue weighted by Gasteiger charge is -2.28. The topological polar surface area (TPSA) is 41.6 Å². The highest BCUT2D eigenvalue weighted by atomic mass is 16.5. The first-order valence-electron chi connectivity index (χ1n) is 6.70. The third-order valence-corrected chi connectivity index (χ3v) is 3.49. The summed E-state index contributed by atoms with van der Waals surface area (Å²) in [6.07, 6.45) is 2.66. The van der Waals surface area contributed by atoms with E-state index in [-0.39, 0.29) is 12.0 Å². The number of hydrogen-bond acceptors (Lipinski definition) is 4. The van der Waals surface area contributed by atoms with Crippen molar-refractivity contribution in [2.45, 2.75) is 45.7 Å². The molecule has 0 bridgehead atoms. The van der Waals surface area contributed by atoms with Crippen LogP contribution in [0, 0.1) is 5.92 Å². The van der Waals surface area contributed by atoms with E-state index in [1.165, 1.54) is 12.8 Å². The smallest absolute Gasteiger partial charge is 0.324 e. The predicted molar refractivity (Wildman–Crippen MR) is 68.9 cm³/mol. The van der Waals surface area contributed by atoms with E-state index in [2.05, 4.69) is 24.2 Å². The second kappa shape index (κ2) is 6.97.